The molecule has 0 unspecified atom stereocenters. The number of H-pyrrole nitrogens is 1. The van der Waals surface area contributed by atoms with Crippen LogP contribution in [0.15, 0.2) is 6.20 Å². The molecule has 16 heavy (non-hydrogen) atoms. The minimum absolute atomic E-state index is 0.0453. The molecular formula is C11H20N4O. The van der Waals surface area contributed by atoms with Gasteiger partial charge in [0, 0.05) is 12.2 Å². The summed E-state index contributed by atoms with van der Waals surface area (Å²) in [5, 5.41) is 9.45. The summed E-state index contributed by atoms with van der Waals surface area (Å²) in [5.41, 5.74) is 1.44. The first-order valence-corrected chi connectivity index (χ1v) is 5.54. The number of hydrogen-bond donors (Lipinski definition) is 2. The van der Waals surface area contributed by atoms with Crippen molar-refractivity contribution in [1.29, 1.82) is 0 Å². The van der Waals surface area contributed by atoms with Crippen LogP contribution in [-0.4, -0.2) is 48.2 Å². The van der Waals surface area contributed by atoms with Crippen LogP contribution < -0.4 is 5.32 Å². The Morgan fingerprint density at radius 1 is 1.50 bits per heavy atom. The second kappa shape index (κ2) is 6.27. The molecule has 0 aliphatic carbocycles. The van der Waals surface area contributed by atoms with Crippen LogP contribution in [0.3, 0.4) is 0 Å². The molecule has 1 amide bonds. The summed E-state index contributed by atoms with van der Waals surface area (Å²) in [5.74, 6) is -0.0453. The lowest BCUT2D eigenvalue weighted by Gasteiger charge is -2.09. The molecule has 1 rings (SSSR count). The maximum atomic E-state index is 11.6. The molecule has 0 spiro atoms. The number of unbranched alkanes of at least 4 members (excludes halogenated alkanes) is 1. The third-order valence-electron chi connectivity index (χ3n) is 2.39. The van der Waals surface area contributed by atoms with Gasteiger partial charge in [0.1, 0.15) is 0 Å². The fraction of sp³-hybridized carbons (Fsp3) is 0.636. The summed E-state index contributed by atoms with van der Waals surface area (Å²) in [4.78, 5) is 13.8. The fourth-order valence-electron chi connectivity index (χ4n) is 1.43. The van der Waals surface area contributed by atoms with Gasteiger partial charge in [0.2, 0.25) is 0 Å². The molecule has 0 saturated carbocycles. The largest absolute Gasteiger partial charge is 0.352 e. The van der Waals surface area contributed by atoms with Crippen LogP contribution in [0.2, 0.25) is 0 Å². The normalized spacial score (nSPS) is 10.8. The lowest BCUT2D eigenvalue weighted by atomic mass is 10.2. The molecule has 1 aromatic heterocycles. The second-order valence-corrected chi connectivity index (χ2v) is 4.17. The molecule has 0 bridgehead atoms. The van der Waals surface area contributed by atoms with Crippen LogP contribution in [0.5, 0.6) is 0 Å². The monoisotopic (exact) mass is 224 g/mol. The highest BCUT2D eigenvalue weighted by molar-refractivity contribution is 5.94. The fourth-order valence-corrected chi connectivity index (χ4v) is 1.43. The minimum Gasteiger partial charge on any atom is -0.352 e. The quantitative estimate of drug-likeness (QED) is 0.702. The smallest absolute Gasteiger partial charge is 0.254 e. The summed E-state index contributed by atoms with van der Waals surface area (Å²) in [6.07, 6.45) is 3.66. The van der Waals surface area contributed by atoms with Gasteiger partial charge in [0.05, 0.1) is 11.8 Å². The SMILES string of the molecule is Cc1[nH]ncc1C(=O)NCCCCN(C)C. The van der Waals surface area contributed by atoms with E-state index in [-0.39, 0.29) is 5.91 Å². The number of aromatic amines is 1. The highest BCUT2D eigenvalue weighted by Crippen LogP contribution is 2.01. The lowest BCUT2D eigenvalue weighted by molar-refractivity contribution is 0.0952. The van der Waals surface area contributed by atoms with E-state index in [0.29, 0.717) is 5.56 Å². The van der Waals surface area contributed by atoms with Gasteiger partial charge in [-0.3, -0.25) is 9.89 Å². The van der Waals surface area contributed by atoms with Crippen LogP contribution in [0.4, 0.5) is 0 Å². The maximum Gasteiger partial charge on any atom is 0.254 e. The van der Waals surface area contributed by atoms with Gasteiger partial charge >= 0.3 is 0 Å². The molecule has 2 N–H and O–H groups in total. The summed E-state index contributed by atoms with van der Waals surface area (Å²) in [6.45, 7) is 3.62. The summed E-state index contributed by atoms with van der Waals surface area (Å²) in [6, 6.07) is 0. The third-order valence-corrected chi connectivity index (χ3v) is 2.39. The average molecular weight is 224 g/mol. The van der Waals surface area contributed by atoms with Crippen molar-refractivity contribution in [2.45, 2.75) is 19.8 Å². The molecule has 1 heterocycles. The van der Waals surface area contributed by atoms with E-state index >= 15 is 0 Å². The van der Waals surface area contributed by atoms with Crippen molar-refractivity contribution in [3.63, 3.8) is 0 Å². The highest BCUT2D eigenvalue weighted by atomic mass is 16.1. The lowest BCUT2D eigenvalue weighted by Crippen LogP contribution is -2.25. The Labute approximate surface area is 96.2 Å². The van der Waals surface area contributed by atoms with Gasteiger partial charge in [-0.05, 0) is 40.4 Å². The van der Waals surface area contributed by atoms with E-state index in [1.807, 2.05) is 21.0 Å². The number of aromatic nitrogens is 2. The number of nitrogens with zero attached hydrogens (tertiary/aromatic N) is 2. The topological polar surface area (TPSA) is 61.0 Å². The van der Waals surface area contributed by atoms with E-state index in [4.69, 9.17) is 0 Å². The molecule has 90 valence electrons. The van der Waals surface area contributed by atoms with Crippen molar-refractivity contribution >= 4 is 5.91 Å². The maximum absolute atomic E-state index is 11.6. The van der Waals surface area contributed by atoms with Crippen molar-refractivity contribution in [3.8, 4) is 0 Å². The second-order valence-electron chi connectivity index (χ2n) is 4.17. The standard InChI is InChI=1S/C11H20N4O/c1-9-10(8-13-14-9)11(16)12-6-4-5-7-15(2)3/h8H,4-7H2,1-3H3,(H,12,16)(H,13,14). The highest BCUT2D eigenvalue weighted by Gasteiger charge is 2.09. The van der Waals surface area contributed by atoms with Gasteiger partial charge in [0.25, 0.3) is 5.91 Å². The van der Waals surface area contributed by atoms with Gasteiger partial charge in [0.15, 0.2) is 0 Å². The number of hydrogen-bond acceptors (Lipinski definition) is 3. The summed E-state index contributed by atoms with van der Waals surface area (Å²) in [7, 11) is 4.10. The molecule has 0 aliphatic rings. The minimum atomic E-state index is -0.0453. The number of carbonyl (C=O) groups excluding carboxylic acids is 1. The van der Waals surface area contributed by atoms with Crippen molar-refractivity contribution in [1.82, 2.24) is 20.4 Å². The van der Waals surface area contributed by atoms with Crippen molar-refractivity contribution in [2.75, 3.05) is 27.2 Å². The van der Waals surface area contributed by atoms with Crippen LogP contribution >= 0.6 is 0 Å². The number of aryl methyl sites for hydroxylation is 1. The third kappa shape index (κ3) is 4.02. The van der Waals surface area contributed by atoms with Crippen molar-refractivity contribution < 1.29 is 4.79 Å². The molecule has 1 aromatic rings. The Morgan fingerprint density at radius 3 is 2.81 bits per heavy atom. The summed E-state index contributed by atoms with van der Waals surface area (Å²) >= 11 is 0. The van der Waals surface area contributed by atoms with E-state index in [2.05, 4.69) is 20.4 Å². The van der Waals surface area contributed by atoms with Gasteiger partial charge in [-0.25, -0.2) is 0 Å². The van der Waals surface area contributed by atoms with E-state index in [1.54, 1.807) is 6.20 Å². The molecular weight excluding hydrogens is 204 g/mol. The number of rotatable bonds is 6. The van der Waals surface area contributed by atoms with Crippen LogP contribution in [0, 0.1) is 6.92 Å². The van der Waals surface area contributed by atoms with Gasteiger partial charge in [-0.1, -0.05) is 0 Å². The number of carbonyl (C=O) groups is 1. The number of nitrogens with one attached hydrogen (secondary N) is 2. The molecule has 0 aliphatic heterocycles. The van der Waals surface area contributed by atoms with Crippen LogP contribution in [-0.2, 0) is 0 Å². The van der Waals surface area contributed by atoms with Gasteiger partial charge in [-0.15, -0.1) is 0 Å². The molecule has 0 saturated heterocycles. The Balaban J connectivity index is 2.19. The van der Waals surface area contributed by atoms with E-state index in [1.165, 1.54) is 0 Å². The van der Waals surface area contributed by atoms with Crippen molar-refractivity contribution in [3.05, 3.63) is 17.5 Å². The average Bonchev–Trinajstić information content (AvgIpc) is 2.63. The van der Waals surface area contributed by atoms with E-state index in [9.17, 15) is 4.79 Å². The first-order chi connectivity index (χ1) is 7.61. The Morgan fingerprint density at radius 2 is 2.25 bits per heavy atom. The van der Waals surface area contributed by atoms with E-state index < -0.39 is 0 Å². The molecule has 0 atom stereocenters. The first-order valence-electron chi connectivity index (χ1n) is 5.54. The Hall–Kier alpha value is -1.36. The Kier molecular flexibility index (Phi) is 4.98. The molecule has 0 aromatic carbocycles. The predicted octanol–water partition coefficient (Wildman–Crippen LogP) is 0.790. The molecule has 5 nitrogen and oxygen atoms in total. The molecule has 0 radical (unpaired) electrons. The van der Waals surface area contributed by atoms with Crippen LogP contribution in [0.25, 0.3) is 0 Å². The molecule has 0 fully saturated rings. The van der Waals surface area contributed by atoms with Crippen molar-refractivity contribution in [2.24, 2.45) is 0 Å². The zero-order valence-corrected chi connectivity index (χ0v) is 10.2. The summed E-state index contributed by atoms with van der Waals surface area (Å²) < 4.78 is 0. The zero-order valence-electron chi connectivity index (χ0n) is 10.2. The predicted molar refractivity (Wildman–Crippen MR) is 63.4 cm³/mol. The van der Waals surface area contributed by atoms with Gasteiger partial charge in [-0.2, -0.15) is 5.10 Å². The Bertz CT molecular complexity index is 332. The first kappa shape index (κ1) is 12.7. The van der Waals surface area contributed by atoms with E-state index in [0.717, 1.165) is 31.6 Å². The number of amides is 1. The molecule has 5 heteroatoms. The zero-order chi connectivity index (χ0) is 12.0. The van der Waals surface area contributed by atoms with Crippen LogP contribution in [0.1, 0.15) is 28.9 Å². The van der Waals surface area contributed by atoms with Gasteiger partial charge < -0.3 is 10.2 Å².